The zero-order chi connectivity index (χ0) is 8.27. The first-order chi connectivity index (χ1) is 5.20. The number of hydrogen-bond donors (Lipinski definition) is 0. The van der Waals surface area contributed by atoms with E-state index >= 15 is 0 Å². The molecular weight excluding hydrogens is 320 g/mol. The quantitative estimate of drug-likeness (QED) is 0.757. The van der Waals surface area contributed by atoms with Crippen LogP contribution in [0.5, 0.6) is 0 Å². The molecular formula is C10H11OW-. The summed E-state index contributed by atoms with van der Waals surface area (Å²) in [6.45, 7) is 3.59. The summed E-state index contributed by atoms with van der Waals surface area (Å²) in [6.07, 6.45) is 0.507. The van der Waals surface area contributed by atoms with E-state index in [9.17, 15) is 4.79 Å². The van der Waals surface area contributed by atoms with Crippen LogP contribution in [0.15, 0.2) is 18.2 Å². The summed E-state index contributed by atoms with van der Waals surface area (Å²) in [5.41, 5.74) is 2.16. The predicted molar refractivity (Wildman–Crippen MR) is 44.4 cm³/mol. The van der Waals surface area contributed by atoms with Crippen molar-refractivity contribution >= 4 is 5.78 Å². The molecule has 0 aromatic heterocycles. The Morgan fingerprint density at radius 3 is 2.75 bits per heavy atom. The van der Waals surface area contributed by atoms with Gasteiger partial charge in [0.25, 0.3) is 0 Å². The molecule has 64 valence electrons. The van der Waals surface area contributed by atoms with E-state index in [1.165, 1.54) is 0 Å². The number of rotatable bonds is 2. The maximum atomic E-state index is 10.7. The van der Waals surface area contributed by atoms with Crippen LogP contribution in [-0.4, -0.2) is 5.78 Å². The van der Waals surface area contributed by atoms with Crippen molar-refractivity contribution in [2.24, 2.45) is 0 Å². The number of carbonyl (C=O) groups excluding carboxylic acids is 1. The fraction of sp³-hybridized carbons (Fsp3) is 0.300. The van der Waals surface area contributed by atoms with E-state index in [1.807, 2.05) is 25.1 Å². The van der Waals surface area contributed by atoms with Gasteiger partial charge < -0.3 is 0 Å². The molecule has 0 spiro atoms. The molecule has 1 aromatic rings. The van der Waals surface area contributed by atoms with Gasteiger partial charge in [-0.25, -0.2) is 0 Å². The summed E-state index contributed by atoms with van der Waals surface area (Å²) in [6, 6.07) is 8.81. The van der Waals surface area contributed by atoms with Crippen molar-refractivity contribution in [2.45, 2.75) is 20.3 Å². The smallest absolute Gasteiger partial charge is 0.132 e. The van der Waals surface area contributed by atoms with Crippen molar-refractivity contribution in [1.82, 2.24) is 0 Å². The second-order valence-corrected chi connectivity index (χ2v) is 2.71. The van der Waals surface area contributed by atoms with E-state index in [1.54, 1.807) is 6.92 Å². The molecule has 0 N–H and O–H groups in total. The Morgan fingerprint density at radius 1 is 1.58 bits per heavy atom. The summed E-state index contributed by atoms with van der Waals surface area (Å²) >= 11 is 0. The van der Waals surface area contributed by atoms with Gasteiger partial charge >= 0.3 is 0 Å². The molecule has 0 bridgehead atoms. The third kappa shape index (κ3) is 3.32. The fourth-order valence-electron chi connectivity index (χ4n) is 0.995. The van der Waals surface area contributed by atoms with Crippen molar-refractivity contribution in [3.05, 3.63) is 35.4 Å². The SMILES string of the molecule is CC(=O)Cc1[c-]cccc1C.[W]. The molecule has 1 aromatic carbocycles. The van der Waals surface area contributed by atoms with Gasteiger partial charge in [0.05, 0.1) is 0 Å². The van der Waals surface area contributed by atoms with E-state index in [0.29, 0.717) is 6.42 Å². The largest absolute Gasteiger partial charge is 0.300 e. The van der Waals surface area contributed by atoms with Gasteiger partial charge in [0.1, 0.15) is 5.78 Å². The van der Waals surface area contributed by atoms with Gasteiger partial charge in [-0.1, -0.05) is 6.92 Å². The number of ketones is 1. The third-order valence-electron chi connectivity index (χ3n) is 1.60. The second-order valence-electron chi connectivity index (χ2n) is 2.71. The molecule has 0 fully saturated rings. The standard InChI is InChI=1S/C10H11O.W/c1-8-5-3-4-6-10(8)7-9(2)11;/h3-5H,7H2,1-2H3;/q-1;. The Bertz CT molecular complexity index is 268. The number of hydrogen-bond acceptors (Lipinski definition) is 1. The molecule has 0 aliphatic rings. The van der Waals surface area contributed by atoms with E-state index in [4.69, 9.17) is 0 Å². The Hall–Kier alpha value is -0.422. The molecule has 0 atom stereocenters. The van der Waals surface area contributed by atoms with Crippen LogP contribution in [0.1, 0.15) is 18.1 Å². The van der Waals surface area contributed by atoms with Crippen LogP contribution in [0.25, 0.3) is 0 Å². The molecule has 0 aliphatic carbocycles. The first-order valence-corrected chi connectivity index (χ1v) is 3.66. The summed E-state index contributed by atoms with van der Waals surface area (Å²) < 4.78 is 0. The van der Waals surface area contributed by atoms with Crippen LogP contribution in [0.3, 0.4) is 0 Å². The fourth-order valence-corrected chi connectivity index (χ4v) is 0.995. The number of carbonyl (C=O) groups is 1. The number of aryl methyl sites for hydroxylation is 1. The molecule has 0 heterocycles. The van der Waals surface area contributed by atoms with Crippen LogP contribution >= 0.6 is 0 Å². The van der Waals surface area contributed by atoms with Gasteiger partial charge in [0.15, 0.2) is 0 Å². The van der Waals surface area contributed by atoms with Gasteiger partial charge in [-0.15, -0.1) is 0 Å². The van der Waals surface area contributed by atoms with Crippen LogP contribution in [0.2, 0.25) is 0 Å². The molecule has 2 heteroatoms. The summed E-state index contributed by atoms with van der Waals surface area (Å²) in [5.74, 6) is 0.190. The Labute approximate surface area is 87.4 Å². The molecule has 0 aliphatic heterocycles. The van der Waals surface area contributed by atoms with Crippen LogP contribution in [0, 0.1) is 13.0 Å². The summed E-state index contributed by atoms with van der Waals surface area (Å²) in [5, 5.41) is 0. The first-order valence-electron chi connectivity index (χ1n) is 3.66. The van der Waals surface area contributed by atoms with Crippen LogP contribution < -0.4 is 0 Å². The van der Waals surface area contributed by atoms with E-state index in [-0.39, 0.29) is 26.8 Å². The molecule has 0 unspecified atom stereocenters. The molecule has 0 saturated heterocycles. The van der Waals surface area contributed by atoms with Gasteiger partial charge in [0.2, 0.25) is 0 Å². The van der Waals surface area contributed by atoms with Crippen molar-refractivity contribution < 1.29 is 25.9 Å². The third-order valence-corrected chi connectivity index (χ3v) is 1.60. The Morgan fingerprint density at radius 2 is 2.25 bits per heavy atom. The predicted octanol–water partition coefficient (Wildman–Crippen LogP) is 1.92. The Balaban J connectivity index is 0.00000121. The molecule has 0 saturated carbocycles. The first kappa shape index (κ1) is 11.6. The second kappa shape index (κ2) is 5.26. The minimum atomic E-state index is 0. The normalized spacial score (nSPS) is 8.83. The van der Waals surface area contributed by atoms with Crippen molar-refractivity contribution in [3.8, 4) is 0 Å². The van der Waals surface area contributed by atoms with E-state index in [2.05, 4.69) is 6.07 Å². The average Bonchev–Trinajstić information content (AvgIpc) is 1.93. The molecule has 0 radical (unpaired) electrons. The summed E-state index contributed by atoms with van der Waals surface area (Å²) in [7, 11) is 0. The topological polar surface area (TPSA) is 17.1 Å². The van der Waals surface area contributed by atoms with Gasteiger partial charge in [-0.05, 0) is 6.92 Å². The van der Waals surface area contributed by atoms with Crippen molar-refractivity contribution in [1.29, 1.82) is 0 Å². The molecule has 1 nitrogen and oxygen atoms in total. The molecule has 12 heavy (non-hydrogen) atoms. The van der Waals surface area contributed by atoms with Crippen molar-refractivity contribution in [3.63, 3.8) is 0 Å². The minimum Gasteiger partial charge on any atom is -0.300 e. The van der Waals surface area contributed by atoms with E-state index < -0.39 is 0 Å². The maximum Gasteiger partial charge on any atom is 0.132 e. The Kier molecular flexibility index (Phi) is 5.08. The van der Waals surface area contributed by atoms with Gasteiger partial charge in [-0.3, -0.25) is 4.79 Å². The van der Waals surface area contributed by atoms with Crippen LogP contribution in [0.4, 0.5) is 0 Å². The summed E-state index contributed by atoms with van der Waals surface area (Å²) in [4.78, 5) is 10.7. The van der Waals surface area contributed by atoms with Gasteiger partial charge in [-0.2, -0.15) is 35.4 Å². The monoisotopic (exact) mass is 331 g/mol. The van der Waals surface area contributed by atoms with Crippen molar-refractivity contribution in [2.75, 3.05) is 0 Å². The molecule has 1 rings (SSSR count). The number of benzene rings is 1. The van der Waals surface area contributed by atoms with Crippen LogP contribution in [-0.2, 0) is 32.3 Å². The zero-order valence-corrected chi connectivity index (χ0v) is 10.2. The maximum absolute atomic E-state index is 10.7. The molecule has 0 amide bonds. The average molecular weight is 331 g/mol. The minimum absolute atomic E-state index is 0. The van der Waals surface area contributed by atoms with E-state index in [0.717, 1.165) is 11.1 Å². The van der Waals surface area contributed by atoms with Gasteiger partial charge in [0, 0.05) is 27.5 Å². The zero-order valence-electron chi connectivity index (χ0n) is 7.26. The number of Topliss-reactive ketones (excluding diaryl/α,β-unsaturated/α-hetero) is 1.